The predicted octanol–water partition coefficient (Wildman–Crippen LogP) is 2.43. The lowest BCUT2D eigenvalue weighted by Gasteiger charge is -2.32. The predicted molar refractivity (Wildman–Crippen MR) is 85.9 cm³/mol. The van der Waals surface area contributed by atoms with Crippen LogP contribution in [0, 0.1) is 0 Å². The maximum atomic E-state index is 12.5. The Balaban J connectivity index is 0.00000161. The molecule has 1 heterocycles. The third kappa shape index (κ3) is 3.39. The smallest absolute Gasteiger partial charge is 0.244 e. The Morgan fingerprint density at radius 1 is 1.19 bits per heavy atom. The van der Waals surface area contributed by atoms with Gasteiger partial charge in [0, 0.05) is 18.9 Å². The molecule has 116 valence electrons. The van der Waals surface area contributed by atoms with Gasteiger partial charge in [-0.1, -0.05) is 12.1 Å². The highest BCUT2D eigenvalue weighted by molar-refractivity contribution is 5.98. The maximum Gasteiger partial charge on any atom is 0.244 e. The number of hydrogen-bond acceptors (Lipinski definition) is 3. The van der Waals surface area contributed by atoms with Gasteiger partial charge in [0.2, 0.25) is 5.91 Å². The van der Waals surface area contributed by atoms with Crippen molar-refractivity contribution in [2.75, 3.05) is 18.5 Å². The third-order valence-corrected chi connectivity index (χ3v) is 4.48. The molecule has 1 fully saturated rings. The average molecular weight is 311 g/mol. The molecule has 1 aliphatic carbocycles. The highest BCUT2D eigenvalue weighted by atomic mass is 35.5. The summed E-state index contributed by atoms with van der Waals surface area (Å²) >= 11 is 0. The summed E-state index contributed by atoms with van der Waals surface area (Å²) in [6.45, 7) is 1.13. The van der Waals surface area contributed by atoms with Crippen LogP contribution in [0.15, 0.2) is 18.2 Å². The first-order chi connectivity index (χ1) is 9.69. The first kappa shape index (κ1) is 16.3. The highest BCUT2D eigenvalue weighted by Gasteiger charge is 2.36. The molecule has 0 radical (unpaired) electrons. The molecule has 1 aromatic carbocycles. The quantitative estimate of drug-likeness (QED) is 0.882. The molecule has 1 saturated heterocycles. The van der Waals surface area contributed by atoms with E-state index in [1.165, 1.54) is 24.0 Å². The van der Waals surface area contributed by atoms with Gasteiger partial charge in [-0.15, -0.1) is 12.4 Å². The molecule has 1 amide bonds. The summed E-state index contributed by atoms with van der Waals surface area (Å²) < 4.78 is 5.30. The van der Waals surface area contributed by atoms with E-state index in [0.29, 0.717) is 26.1 Å². The number of nitrogens with two attached hydrogens (primary N) is 1. The summed E-state index contributed by atoms with van der Waals surface area (Å²) in [4.78, 5) is 12.5. The molecule has 0 spiro atoms. The number of rotatable bonds is 2. The van der Waals surface area contributed by atoms with Crippen LogP contribution in [-0.4, -0.2) is 24.7 Å². The van der Waals surface area contributed by atoms with Gasteiger partial charge in [-0.25, -0.2) is 0 Å². The number of nitrogens with one attached hydrogen (secondary N) is 1. The van der Waals surface area contributed by atoms with E-state index in [2.05, 4.69) is 11.4 Å². The molecule has 1 aliphatic heterocycles. The standard InChI is InChI=1S/C16H22N2O2.ClH/c17-16(8-10-20-11-9-16)15(19)18-14-7-3-5-12-4-1-2-6-13(12)14;/h3,5,7H,1-2,4,6,8-11,17H2,(H,18,19);1H. The van der Waals surface area contributed by atoms with Gasteiger partial charge in [0.25, 0.3) is 0 Å². The zero-order valence-electron chi connectivity index (χ0n) is 12.2. The highest BCUT2D eigenvalue weighted by Crippen LogP contribution is 2.29. The molecule has 3 N–H and O–H groups in total. The number of aryl methyl sites for hydroxylation is 1. The van der Waals surface area contributed by atoms with Crippen LogP contribution >= 0.6 is 12.4 Å². The number of fused-ring (bicyclic) bond motifs is 1. The van der Waals surface area contributed by atoms with Crippen LogP contribution in [0.5, 0.6) is 0 Å². The first-order valence-electron chi connectivity index (χ1n) is 7.48. The van der Waals surface area contributed by atoms with Crippen molar-refractivity contribution in [2.24, 2.45) is 5.73 Å². The lowest BCUT2D eigenvalue weighted by molar-refractivity contribution is -0.124. The van der Waals surface area contributed by atoms with Crippen molar-refractivity contribution < 1.29 is 9.53 Å². The lowest BCUT2D eigenvalue weighted by Crippen LogP contribution is -2.54. The number of amides is 1. The summed E-state index contributed by atoms with van der Waals surface area (Å²) in [5, 5.41) is 3.06. The lowest BCUT2D eigenvalue weighted by atomic mass is 9.88. The molecular formula is C16H23ClN2O2. The van der Waals surface area contributed by atoms with Crippen LogP contribution < -0.4 is 11.1 Å². The van der Waals surface area contributed by atoms with Gasteiger partial charge in [0.15, 0.2) is 0 Å². The number of benzene rings is 1. The second-order valence-electron chi connectivity index (χ2n) is 5.87. The van der Waals surface area contributed by atoms with Crippen LogP contribution in [0.25, 0.3) is 0 Å². The molecular weight excluding hydrogens is 288 g/mol. The minimum Gasteiger partial charge on any atom is -0.381 e. The molecule has 5 heteroatoms. The Kier molecular flexibility index (Phi) is 5.25. The number of hydrogen-bond donors (Lipinski definition) is 2. The topological polar surface area (TPSA) is 64.4 Å². The molecule has 21 heavy (non-hydrogen) atoms. The minimum absolute atomic E-state index is 0. The van der Waals surface area contributed by atoms with E-state index in [4.69, 9.17) is 10.5 Å². The van der Waals surface area contributed by atoms with Crippen LogP contribution in [0.4, 0.5) is 5.69 Å². The van der Waals surface area contributed by atoms with E-state index in [0.717, 1.165) is 18.5 Å². The summed E-state index contributed by atoms with van der Waals surface area (Å²) in [6, 6.07) is 6.18. The van der Waals surface area contributed by atoms with Gasteiger partial charge >= 0.3 is 0 Å². The zero-order valence-corrected chi connectivity index (χ0v) is 13.0. The molecule has 0 saturated carbocycles. The Hall–Kier alpha value is -1.10. The van der Waals surface area contributed by atoms with Crippen molar-refractivity contribution in [1.29, 1.82) is 0 Å². The van der Waals surface area contributed by atoms with Crippen LogP contribution in [0.3, 0.4) is 0 Å². The van der Waals surface area contributed by atoms with E-state index in [-0.39, 0.29) is 18.3 Å². The number of carbonyl (C=O) groups is 1. The van der Waals surface area contributed by atoms with Gasteiger partial charge in [-0.05, 0) is 55.7 Å². The van der Waals surface area contributed by atoms with Gasteiger partial charge in [0.05, 0.1) is 0 Å². The van der Waals surface area contributed by atoms with Crippen molar-refractivity contribution in [1.82, 2.24) is 0 Å². The molecule has 0 atom stereocenters. The summed E-state index contributed by atoms with van der Waals surface area (Å²) in [6.07, 6.45) is 5.78. The van der Waals surface area contributed by atoms with Gasteiger partial charge < -0.3 is 15.8 Å². The fourth-order valence-corrected chi connectivity index (χ4v) is 3.11. The number of ether oxygens (including phenoxy) is 1. The number of anilines is 1. The monoisotopic (exact) mass is 310 g/mol. The normalized spacial score (nSPS) is 20.0. The van der Waals surface area contributed by atoms with E-state index in [1.54, 1.807) is 0 Å². The van der Waals surface area contributed by atoms with Crippen molar-refractivity contribution in [2.45, 2.75) is 44.1 Å². The molecule has 4 nitrogen and oxygen atoms in total. The van der Waals surface area contributed by atoms with E-state index < -0.39 is 5.54 Å². The molecule has 2 aliphatic rings. The molecule has 0 unspecified atom stereocenters. The Bertz CT molecular complexity index is 513. The number of carbonyl (C=O) groups excluding carboxylic acids is 1. The second-order valence-corrected chi connectivity index (χ2v) is 5.87. The largest absolute Gasteiger partial charge is 0.381 e. The van der Waals surface area contributed by atoms with Gasteiger partial charge in [-0.3, -0.25) is 4.79 Å². The molecule has 0 aromatic heterocycles. The summed E-state index contributed by atoms with van der Waals surface area (Å²) in [5.41, 5.74) is 9.06. The van der Waals surface area contributed by atoms with E-state index in [1.807, 2.05) is 12.1 Å². The summed E-state index contributed by atoms with van der Waals surface area (Å²) in [5.74, 6) is -0.0697. The molecule has 1 aromatic rings. The van der Waals surface area contributed by atoms with Crippen molar-refractivity contribution >= 4 is 24.0 Å². The van der Waals surface area contributed by atoms with Crippen LogP contribution in [-0.2, 0) is 22.4 Å². The zero-order chi connectivity index (χ0) is 14.0. The van der Waals surface area contributed by atoms with Crippen LogP contribution in [0.2, 0.25) is 0 Å². The Morgan fingerprint density at radius 2 is 1.90 bits per heavy atom. The fraction of sp³-hybridized carbons (Fsp3) is 0.562. The fourth-order valence-electron chi connectivity index (χ4n) is 3.11. The second kappa shape index (κ2) is 6.77. The molecule has 3 rings (SSSR count). The van der Waals surface area contributed by atoms with Crippen LogP contribution in [0.1, 0.15) is 36.8 Å². The van der Waals surface area contributed by atoms with Gasteiger partial charge in [0.1, 0.15) is 5.54 Å². The Morgan fingerprint density at radius 3 is 2.67 bits per heavy atom. The third-order valence-electron chi connectivity index (χ3n) is 4.48. The van der Waals surface area contributed by atoms with Gasteiger partial charge in [-0.2, -0.15) is 0 Å². The van der Waals surface area contributed by atoms with Crippen molar-refractivity contribution in [3.63, 3.8) is 0 Å². The molecule has 0 bridgehead atoms. The van der Waals surface area contributed by atoms with E-state index >= 15 is 0 Å². The minimum atomic E-state index is -0.782. The number of halogens is 1. The van der Waals surface area contributed by atoms with Crippen molar-refractivity contribution in [3.8, 4) is 0 Å². The SMILES string of the molecule is Cl.NC1(C(=O)Nc2cccc3c2CCCC3)CCOCC1. The maximum absolute atomic E-state index is 12.5. The Labute approximate surface area is 131 Å². The van der Waals surface area contributed by atoms with E-state index in [9.17, 15) is 4.79 Å². The average Bonchev–Trinajstić information content (AvgIpc) is 2.48. The first-order valence-corrected chi connectivity index (χ1v) is 7.48. The summed E-state index contributed by atoms with van der Waals surface area (Å²) in [7, 11) is 0. The van der Waals surface area contributed by atoms with Crippen molar-refractivity contribution in [3.05, 3.63) is 29.3 Å².